The molecule has 0 unspecified atom stereocenters. The number of halogens is 2. The molecule has 4 nitrogen and oxygen atoms in total. The number of rotatable bonds is 4. The Labute approximate surface area is 179 Å². The Kier molecular flexibility index (Phi) is 8.75. The molecule has 0 radical (unpaired) electrons. The maximum atomic E-state index is 13.1. The molecule has 1 aromatic rings. The maximum absolute atomic E-state index is 13.1. The molecule has 152 valence electrons. The number of carbonyl (C=O) groups is 1. The Morgan fingerprint density at radius 1 is 1.26 bits per heavy atom. The number of hydrogen-bond acceptors (Lipinski definition) is 4. The SMILES string of the molecule is Cl.Cl.O=C(Nc1cccc(CN2CCSCC2)c1)[C@@]12CCCC[C@H]1CNC2. The van der Waals surface area contributed by atoms with Crippen molar-refractivity contribution in [1.82, 2.24) is 10.2 Å². The predicted molar refractivity (Wildman–Crippen MR) is 119 cm³/mol. The van der Waals surface area contributed by atoms with Gasteiger partial charge in [-0.3, -0.25) is 9.69 Å². The van der Waals surface area contributed by atoms with Gasteiger partial charge in [-0.25, -0.2) is 0 Å². The first-order valence-electron chi connectivity index (χ1n) is 9.67. The summed E-state index contributed by atoms with van der Waals surface area (Å²) in [7, 11) is 0. The number of carbonyl (C=O) groups excluding carboxylic acids is 1. The molecule has 2 N–H and O–H groups in total. The molecule has 2 heterocycles. The number of thioether (sulfide) groups is 1. The Bertz CT molecular complexity index is 627. The van der Waals surface area contributed by atoms with E-state index >= 15 is 0 Å². The summed E-state index contributed by atoms with van der Waals surface area (Å²) >= 11 is 2.04. The standard InChI is InChI=1S/C20H29N3OS.2ClH/c24-19(20-7-2-1-5-17(20)13-21-15-20)22-18-6-3-4-16(12-18)14-23-8-10-25-11-9-23;;/h3-4,6,12,17,21H,1-2,5,7-11,13-15H2,(H,22,24);2*1H/t17-,20+;;/m0../s1. The van der Waals surface area contributed by atoms with Gasteiger partial charge in [0.15, 0.2) is 0 Å². The molecular weight excluding hydrogens is 401 g/mol. The number of benzene rings is 1. The van der Waals surface area contributed by atoms with Gasteiger partial charge in [0.1, 0.15) is 0 Å². The molecule has 1 saturated carbocycles. The van der Waals surface area contributed by atoms with Crippen molar-refractivity contribution in [3.63, 3.8) is 0 Å². The van der Waals surface area contributed by atoms with Crippen molar-refractivity contribution in [2.45, 2.75) is 32.2 Å². The first-order chi connectivity index (χ1) is 12.3. The molecule has 3 fully saturated rings. The first kappa shape index (κ1) is 22.8. The molecule has 3 aliphatic rings. The van der Waals surface area contributed by atoms with E-state index in [0.717, 1.165) is 44.8 Å². The van der Waals surface area contributed by atoms with Crippen molar-refractivity contribution in [3.8, 4) is 0 Å². The highest BCUT2D eigenvalue weighted by Crippen LogP contribution is 2.44. The van der Waals surface area contributed by atoms with Gasteiger partial charge in [0.25, 0.3) is 0 Å². The lowest BCUT2D eigenvalue weighted by Gasteiger charge is -2.37. The van der Waals surface area contributed by atoms with E-state index in [1.165, 1.54) is 36.3 Å². The Morgan fingerprint density at radius 2 is 2.07 bits per heavy atom. The monoisotopic (exact) mass is 431 g/mol. The van der Waals surface area contributed by atoms with Gasteiger partial charge in [0, 0.05) is 43.4 Å². The molecule has 2 saturated heterocycles. The van der Waals surface area contributed by atoms with Crippen LogP contribution in [0.2, 0.25) is 0 Å². The zero-order chi connectivity index (χ0) is 17.1. The van der Waals surface area contributed by atoms with E-state index in [4.69, 9.17) is 0 Å². The zero-order valence-corrected chi connectivity index (χ0v) is 18.2. The summed E-state index contributed by atoms with van der Waals surface area (Å²) < 4.78 is 0. The largest absolute Gasteiger partial charge is 0.326 e. The van der Waals surface area contributed by atoms with Gasteiger partial charge in [0.05, 0.1) is 5.41 Å². The summed E-state index contributed by atoms with van der Waals surface area (Å²) in [6.07, 6.45) is 4.67. The minimum atomic E-state index is -0.182. The van der Waals surface area contributed by atoms with Crippen molar-refractivity contribution in [3.05, 3.63) is 29.8 Å². The maximum Gasteiger partial charge on any atom is 0.232 e. The molecule has 1 aliphatic carbocycles. The third kappa shape index (κ3) is 5.13. The molecule has 0 spiro atoms. The van der Waals surface area contributed by atoms with E-state index in [1.54, 1.807) is 0 Å². The smallest absolute Gasteiger partial charge is 0.232 e. The number of hydrogen-bond donors (Lipinski definition) is 2. The molecule has 0 bridgehead atoms. The number of anilines is 1. The van der Waals surface area contributed by atoms with Crippen molar-refractivity contribution < 1.29 is 4.79 Å². The fourth-order valence-electron chi connectivity index (χ4n) is 4.71. The van der Waals surface area contributed by atoms with Crippen LogP contribution in [0.3, 0.4) is 0 Å². The lowest BCUT2D eigenvalue weighted by Crippen LogP contribution is -2.44. The van der Waals surface area contributed by atoms with Crippen LogP contribution in [-0.4, -0.2) is 48.5 Å². The molecule has 1 amide bonds. The molecule has 1 aromatic carbocycles. The molecule has 27 heavy (non-hydrogen) atoms. The van der Waals surface area contributed by atoms with Crippen LogP contribution in [0.5, 0.6) is 0 Å². The van der Waals surface area contributed by atoms with E-state index in [-0.39, 0.29) is 36.1 Å². The Balaban J connectivity index is 0.00000131. The second-order valence-electron chi connectivity index (χ2n) is 7.77. The molecule has 4 rings (SSSR count). The quantitative estimate of drug-likeness (QED) is 0.760. The number of nitrogens with zero attached hydrogens (tertiary/aromatic N) is 1. The summed E-state index contributed by atoms with van der Waals surface area (Å²) in [6, 6.07) is 8.45. The van der Waals surface area contributed by atoms with Crippen molar-refractivity contribution in [2.75, 3.05) is 43.0 Å². The average molecular weight is 432 g/mol. The van der Waals surface area contributed by atoms with E-state index in [2.05, 4.69) is 33.7 Å². The highest BCUT2D eigenvalue weighted by atomic mass is 35.5. The minimum absolute atomic E-state index is 0. The van der Waals surface area contributed by atoms with Gasteiger partial charge in [-0.2, -0.15) is 11.8 Å². The van der Waals surface area contributed by atoms with Crippen LogP contribution < -0.4 is 10.6 Å². The topological polar surface area (TPSA) is 44.4 Å². The molecule has 7 heteroatoms. The van der Waals surface area contributed by atoms with Crippen molar-refractivity contribution in [2.24, 2.45) is 11.3 Å². The molecule has 2 atom stereocenters. The number of amides is 1. The lowest BCUT2D eigenvalue weighted by atomic mass is 9.67. The summed E-state index contributed by atoms with van der Waals surface area (Å²) in [4.78, 5) is 15.6. The Morgan fingerprint density at radius 3 is 2.89 bits per heavy atom. The predicted octanol–water partition coefficient (Wildman–Crippen LogP) is 3.80. The zero-order valence-electron chi connectivity index (χ0n) is 15.7. The number of fused-ring (bicyclic) bond motifs is 1. The van der Waals surface area contributed by atoms with E-state index in [0.29, 0.717) is 5.92 Å². The third-order valence-electron chi connectivity index (χ3n) is 6.19. The Hall–Kier alpha value is -0.460. The second-order valence-corrected chi connectivity index (χ2v) is 9.00. The highest BCUT2D eigenvalue weighted by molar-refractivity contribution is 7.99. The first-order valence-corrected chi connectivity index (χ1v) is 10.8. The van der Waals surface area contributed by atoms with Crippen LogP contribution in [0.25, 0.3) is 0 Å². The second kappa shape index (κ2) is 10.4. The van der Waals surface area contributed by atoms with Gasteiger partial charge < -0.3 is 10.6 Å². The van der Waals surface area contributed by atoms with Gasteiger partial charge >= 0.3 is 0 Å². The normalized spacial score (nSPS) is 27.8. The minimum Gasteiger partial charge on any atom is -0.326 e. The van der Waals surface area contributed by atoms with Crippen LogP contribution in [-0.2, 0) is 11.3 Å². The lowest BCUT2D eigenvalue weighted by molar-refractivity contribution is -0.128. The van der Waals surface area contributed by atoms with E-state index in [1.807, 2.05) is 17.8 Å². The van der Waals surface area contributed by atoms with E-state index in [9.17, 15) is 4.79 Å². The summed E-state index contributed by atoms with van der Waals surface area (Å²) in [5.74, 6) is 3.20. The van der Waals surface area contributed by atoms with Gasteiger partial charge in [-0.05, 0) is 43.0 Å². The van der Waals surface area contributed by atoms with Crippen LogP contribution in [0, 0.1) is 11.3 Å². The summed E-state index contributed by atoms with van der Waals surface area (Å²) in [5.41, 5.74) is 2.07. The van der Waals surface area contributed by atoms with Gasteiger partial charge in [-0.1, -0.05) is 25.0 Å². The molecule has 2 aliphatic heterocycles. The summed E-state index contributed by atoms with van der Waals surface area (Å²) in [5, 5.41) is 6.72. The molecular formula is C20H31Cl2N3OS. The third-order valence-corrected chi connectivity index (χ3v) is 7.13. The van der Waals surface area contributed by atoms with Crippen molar-refractivity contribution in [1.29, 1.82) is 0 Å². The van der Waals surface area contributed by atoms with Gasteiger partial charge in [-0.15, -0.1) is 24.8 Å². The number of nitrogens with one attached hydrogen (secondary N) is 2. The molecule has 0 aromatic heterocycles. The van der Waals surface area contributed by atoms with Gasteiger partial charge in [0.2, 0.25) is 5.91 Å². The van der Waals surface area contributed by atoms with Crippen LogP contribution >= 0.6 is 36.6 Å². The van der Waals surface area contributed by atoms with Crippen LogP contribution in [0.15, 0.2) is 24.3 Å². The van der Waals surface area contributed by atoms with E-state index < -0.39 is 0 Å². The summed E-state index contributed by atoms with van der Waals surface area (Å²) in [6.45, 7) is 5.16. The average Bonchev–Trinajstić information content (AvgIpc) is 3.08. The van der Waals surface area contributed by atoms with Crippen LogP contribution in [0.4, 0.5) is 5.69 Å². The highest BCUT2D eigenvalue weighted by Gasteiger charge is 2.49. The fourth-order valence-corrected chi connectivity index (χ4v) is 5.69. The van der Waals surface area contributed by atoms with Crippen LogP contribution in [0.1, 0.15) is 31.2 Å². The van der Waals surface area contributed by atoms with Crippen molar-refractivity contribution >= 4 is 48.2 Å². The fraction of sp³-hybridized carbons (Fsp3) is 0.650.